The van der Waals surface area contributed by atoms with Crippen molar-refractivity contribution in [3.8, 4) is 0 Å². The fourth-order valence-corrected chi connectivity index (χ4v) is 3.76. The summed E-state index contributed by atoms with van der Waals surface area (Å²) < 4.78 is 29.4. The van der Waals surface area contributed by atoms with Crippen LogP contribution in [0.3, 0.4) is 0 Å². The number of benzene rings is 1. The van der Waals surface area contributed by atoms with Gasteiger partial charge in [0, 0.05) is 24.8 Å². The molecule has 0 unspecified atom stereocenters. The first-order valence-electron chi connectivity index (χ1n) is 7.96. The largest absolute Gasteiger partial charge is 0.396 e. The molecule has 0 atom stereocenters. The highest BCUT2D eigenvalue weighted by Crippen LogP contribution is 2.27. The van der Waals surface area contributed by atoms with Crippen LogP contribution in [0, 0.1) is 0 Å². The second-order valence-electron chi connectivity index (χ2n) is 6.75. The number of nitrogens with zero attached hydrogens (tertiary/aromatic N) is 2. The standard InChI is InChI=1S/C17H25N3O3S/c1-17(2,3)16-15(24(22,23)18-10-7-11-21)13-20(19-16)12-14-8-5-4-6-9-14/h4-6,8-9,13,18,21H,7,10-12H2,1-3H3. The summed E-state index contributed by atoms with van der Waals surface area (Å²) in [6.45, 7) is 6.48. The summed E-state index contributed by atoms with van der Waals surface area (Å²) in [7, 11) is -3.66. The monoisotopic (exact) mass is 351 g/mol. The van der Waals surface area contributed by atoms with Gasteiger partial charge in [-0.15, -0.1) is 0 Å². The van der Waals surface area contributed by atoms with Crippen LogP contribution in [0.5, 0.6) is 0 Å². The zero-order chi connectivity index (χ0) is 17.8. The van der Waals surface area contributed by atoms with Crippen molar-refractivity contribution >= 4 is 10.0 Å². The summed E-state index contributed by atoms with van der Waals surface area (Å²) in [5, 5.41) is 13.4. The van der Waals surface area contributed by atoms with Gasteiger partial charge >= 0.3 is 0 Å². The minimum Gasteiger partial charge on any atom is -0.396 e. The Balaban J connectivity index is 2.35. The molecule has 0 bridgehead atoms. The highest BCUT2D eigenvalue weighted by molar-refractivity contribution is 7.89. The molecule has 0 radical (unpaired) electrons. The van der Waals surface area contributed by atoms with Crippen molar-refractivity contribution in [2.45, 2.75) is 44.0 Å². The Kier molecular flexibility index (Phi) is 5.79. The van der Waals surface area contributed by atoms with Crippen molar-refractivity contribution in [1.82, 2.24) is 14.5 Å². The van der Waals surface area contributed by atoms with Gasteiger partial charge in [0.05, 0.1) is 12.2 Å². The summed E-state index contributed by atoms with van der Waals surface area (Å²) in [6, 6.07) is 9.78. The van der Waals surface area contributed by atoms with E-state index in [4.69, 9.17) is 5.11 Å². The second-order valence-corrected chi connectivity index (χ2v) is 8.49. The Morgan fingerprint density at radius 2 is 1.88 bits per heavy atom. The second kappa shape index (κ2) is 7.46. The first kappa shape index (κ1) is 18.6. The molecule has 2 rings (SSSR count). The van der Waals surface area contributed by atoms with Crippen LogP contribution in [-0.4, -0.2) is 36.5 Å². The first-order valence-corrected chi connectivity index (χ1v) is 9.45. The van der Waals surface area contributed by atoms with Crippen LogP contribution < -0.4 is 4.72 Å². The van der Waals surface area contributed by atoms with Crippen LogP contribution in [0.25, 0.3) is 0 Å². The fourth-order valence-electron chi connectivity index (χ4n) is 2.33. The molecule has 24 heavy (non-hydrogen) atoms. The quantitative estimate of drug-likeness (QED) is 0.746. The number of hydrogen-bond donors (Lipinski definition) is 2. The molecule has 0 saturated carbocycles. The lowest BCUT2D eigenvalue weighted by atomic mass is 9.92. The number of aromatic nitrogens is 2. The molecule has 0 spiro atoms. The molecule has 1 heterocycles. The number of sulfonamides is 1. The minimum atomic E-state index is -3.66. The zero-order valence-electron chi connectivity index (χ0n) is 14.4. The topological polar surface area (TPSA) is 84.2 Å². The third-order valence-corrected chi connectivity index (χ3v) is 5.00. The molecule has 6 nitrogen and oxygen atoms in total. The SMILES string of the molecule is CC(C)(C)c1nn(Cc2ccccc2)cc1S(=O)(=O)NCCCO. The lowest BCUT2D eigenvalue weighted by molar-refractivity contribution is 0.289. The van der Waals surface area contributed by atoms with E-state index in [0.29, 0.717) is 18.7 Å². The highest BCUT2D eigenvalue weighted by atomic mass is 32.2. The average Bonchev–Trinajstić information content (AvgIpc) is 2.93. The van der Waals surface area contributed by atoms with Crippen molar-refractivity contribution in [3.63, 3.8) is 0 Å². The van der Waals surface area contributed by atoms with Gasteiger partial charge in [0.1, 0.15) is 4.90 Å². The van der Waals surface area contributed by atoms with Gasteiger partial charge in [-0.05, 0) is 12.0 Å². The minimum absolute atomic E-state index is 0.0537. The predicted octanol–water partition coefficient (Wildman–Crippen LogP) is 1.89. The smallest absolute Gasteiger partial charge is 0.243 e. The number of hydrogen-bond acceptors (Lipinski definition) is 4. The summed E-state index contributed by atoms with van der Waals surface area (Å²) in [5.41, 5.74) is 1.19. The van der Waals surface area contributed by atoms with Crippen LogP contribution in [-0.2, 0) is 22.0 Å². The lowest BCUT2D eigenvalue weighted by Gasteiger charge is -2.17. The van der Waals surface area contributed by atoms with Gasteiger partial charge in [-0.1, -0.05) is 51.1 Å². The molecule has 0 aliphatic carbocycles. The molecular formula is C17H25N3O3S. The van der Waals surface area contributed by atoms with E-state index in [1.54, 1.807) is 10.9 Å². The average molecular weight is 351 g/mol. The summed E-state index contributed by atoms with van der Waals surface area (Å²) in [4.78, 5) is 0.198. The van der Waals surface area contributed by atoms with E-state index in [2.05, 4.69) is 9.82 Å². The van der Waals surface area contributed by atoms with Crippen LogP contribution >= 0.6 is 0 Å². The van der Waals surface area contributed by atoms with Crippen molar-refractivity contribution in [2.75, 3.05) is 13.2 Å². The normalized spacial score (nSPS) is 12.5. The van der Waals surface area contributed by atoms with Gasteiger partial charge in [0.25, 0.3) is 0 Å². The molecule has 0 amide bonds. The number of aliphatic hydroxyl groups excluding tert-OH is 1. The Bertz CT molecular complexity index is 762. The Morgan fingerprint density at radius 1 is 1.21 bits per heavy atom. The number of rotatable bonds is 7. The van der Waals surface area contributed by atoms with E-state index in [0.717, 1.165) is 5.56 Å². The highest BCUT2D eigenvalue weighted by Gasteiger charge is 2.29. The van der Waals surface area contributed by atoms with E-state index in [-0.39, 0.29) is 18.0 Å². The van der Waals surface area contributed by atoms with Gasteiger partial charge in [0.2, 0.25) is 10.0 Å². The van der Waals surface area contributed by atoms with Crippen molar-refractivity contribution in [2.24, 2.45) is 0 Å². The van der Waals surface area contributed by atoms with Crippen LogP contribution in [0.4, 0.5) is 0 Å². The molecule has 1 aromatic carbocycles. The molecule has 1 aromatic heterocycles. The van der Waals surface area contributed by atoms with Crippen LogP contribution in [0.1, 0.15) is 38.4 Å². The van der Waals surface area contributed by atoms with E-state index < -0.39 is 15.4 Å². The number of nitrogens with one attached hydrogen (secondary N) is 1. The molecule has 0 aliphatic heterocycles. The molecular weight excluding hydrogens is 326 g/mol. The summed E-state index contributed by atoms with van der Waals surface area (Å²) in [5.74, 6) is 0. The Morgan fingerprint density at radius 3 is 2.46 bits per heavy atom. The van der Waals surface area contributed by atoms with Gasteiger partial charge in [-0.3, -0.25) is 4.68 Å². The van der Waals surface area contributed by atoms with E-state index in [1.807, 2.05) is 51.1 Å². The van der Waals surface area contributed by atoms with Crippen LogP contribution in [0.2, 0.25) is 0 Å². The van der Waals surface area contributed by atoms with E-state index in [9.17, 15) is 8.42 Å². The third kappa shape index (κ3) is 4.66. The van der Waals surface area contributed by atoms with E-state index in [1.165, 1.54) is 0 Å². The molecule has 7 heteroatoms. The summed E-state index contributed by atoms with van der Waals surface area (Å²) >= 11 is 0. The molecule has 0 fully saturated rings. The van der Waals surface area contributed by atoms with Crippen molar-refractivity contribution < 1.29 is 13.5 Å². The van der Waals surface area contributed by atoms with Crippen molar-refractivity contribution in [1.29, 1.82) is 0 Å². The fraction of sp³-hybridized carbons (Fsp3) is 0.471. The van der Waals surface area contributed by atoms with Gasteiger partial charge in [-0.2, -0.15) is 5.10 Å². The van der Waals surface area contributed by atoms with Gasteiger partial charge in [-0.25, -0.2) is 13.1 Å². The maximum absolute atomic E-state index is 12.6. The van der Waals surface area contributed by atoms with Gasteiger partial charge in [0.15, 0.2) is 0 Å². The third-order valence-electron chi connectivity index (χ3n) is 3.54. The molecule has 132 valence electrons. The first-order chi connectivity index (χ1) is 11.2. The molecule has 2 N–H and O–H groups in total. The zero-order valence-corrected chi connectivity index (χ0v) is 15.2. The molecule has 2 aromatic rings. The Labute approximate surface area is 143 Å². The van der Waals surface area contributed by atoms with Crippen LogP contribution in [0.15, 0.2) is 41.4 Å². The summed E-state index contributed by atoms with van der Waals surface area (Å²) in [6.07, 6.45) is 1.96. The molecule has 0 saturated heterocycles. The van der Waals surface area contributed by atoms with Gasteiger partial charge < -0.3 is 5.11 Å². The maximum Gasteiger partial charge on any atom is 0.243 e. The maximum atomic E-state index is 12.6. The number of aliphatic hydroxyl groups is 1. The lowest BCUT2D eigenvalue weighted by Crippen LogP contribution is -2.27. The molecule has 0 aliphatic rings. The van der Waals surface area contributed by atoms with E-state index >= 15 is 0 Å². The van der Waals surface area contributed by atoms with Crippen molar-refractivity contribution in [3.05, 3.63) is 47.8 Å². The predicted molar refractivity (Wildman–Crippen MR) is 93.4 cm³/mol. The Hall–Kier alpha value is -1.70.